The van der Waals surface area contributed by atoms with Crippen LogP contribution < -0.4 is 5.73 Å². The molecular weight excluding hydrogens is 248 g/mol. The zero-order valence-electron chi connectivity index (χ0n) is 12.2. The highest BCUT2D eigenvalue weighted by Gasteiger charge is 2.26. The summed E-state index contributed by atoms with van der Waals surface area (Å²) in [5.41, 5.74) is 10.1. The Morgan fingerprint density at radius 2 is 2.00 bits per heavy atom. The standard InChI is InChI=1S/C16H22N4/c1-12-4-3-5-13(2)16(12)14(10-17)20-9-8-19-7-6-18-15(19)11-20/h3-7,14H,8-11,17H2,1-2H3. The van der Waals surface area contributed by atoms with E-state index in [1.54, 1.807) is 0 Å². The van der Waals surface area contributed by atoms with Crippen LogP contribution in [0.5, 0.6) is 0 Å². The molecule has 2 aromatic rings. The number of fused-ring (bicyclic) bond motifs is 1. The van der Waals surface area contributed by atoms with Gasteiger partial charge in [0.05, 0.1) is 6.54 Å². The minimum atomic E-state index is 0.279. The fourth-order valence-electron chi connectivity index (χ4n) is 3.26. The number of imidazole rings is 1. The predicted molar refractivity (Wildman–Crippen MR) is 80.3 cm³/mol. The van der Waals surface area contributed by atoms with Crippen molar-refractivity contribution in [1.82, 2.24) is 14.5 Å². The highest BCUT2D eigenvalue weighted by Crippen LogP contribution is 2.28. The maximum Gasteiger partial charge on any atom is 0.122 e. The van der Waals surface area contributed by atoms with Gasteiger partial charge in [-0.15, -0.1) is 0 Å². The Morgan fingerprint density at radius 1 is 1.25 bits per heavy atom. The van der Waals surface area contributed by atoms with Crippen molar-refractivity contribution in [3.05, 3.63) is 53.1 Å². The lowest BCUT2D eigenvalue weighted by atomic mass is 9.94. The Kier molecular flexibility index (Phi) is 3.59. The van der Waals surface area contributed by atoms with Gasteiger partial charge in [-0.2, -0.15) is 0 Å². The zero-order valence-corrected chi connectivity index (χ0v) is 12.2. The van der Waals surface area contributed by atoms with E-state index in [9.17, 15) is 0 Å². The van der Waals surface area contributed by atoms with E-state index in [0.717, 1.165) is 25.5 Å². The summed E-state index contributed by atoms with van der Waals surface area (Å²) < 4.78 is 2.23. The number of hydrogen-bond donors (Lipinski definition) is 1. The van der Waals surface area contributed by atoms with E-state index in [4.69, 9.17) is 5.73 Å². The van der Waals surface area contributed by atoms with E-state index in [-0.39, 0.29) is 6.04 Å². The molecular formula is C16H22N4. The monoisotopic (exact) mass is 270 g/mol. The molecule has 0 saturated heterocycles. The minimum Gasteiger partial charge on any atom is -0.333 e. The van der Waals surface area contributed by atoms with Crippen LogP contribution in [0.15, 0.2) is 30.6 Å². The van der Waals surface area contributed by atoms with Gasteiger partial charge < -0.3 is 10.3 Å². The molecule has 20 heavy (non-hydrogen) atoms. The van der Waals surface area contributed by atoms with Crippen molar-refractivity contribution in [3.63, 3.8) is 0 Å². The van der Waals surface area contributed by atoms with Gasteiger partial charge in [-0.1, -0.05) is 18.2 Å². The summed E-state index contributed by atoms with van der Waals surface area (Å²) >= 11 is 0. The van der Waals surface area contributed by atoms with E-state index >= 15 is 0 Å². The maximum absolute atomic E-state index is 6.10. The topological polar surface area (TPSA) is 47.1 Å². The van der Waals surface area contributed by atoms with Crippen LogP contribution in [0.25, 0.3) is 0 Å². The number of aromatic nitrogens is 2. The van der Waals surface area contributed by atoms with Crippen molar-refractivity contribution in [3.8, 4) is 0 Å². The van der Waals surface area contributed by atoms with Gasteiger partial charge >= 0.3 is 0 Å². The van der Waals surface area contributed by atoms with E-state index < -0.39 is 0 Å². The van der Waals surface area contributed by atoms with Crippen LogP contribution in [-0.4, -0.2) is 27.5 Å². The fraction of sp³-hybridized carbons (Fsp3) is 0.438. The Labute approximate surface area is 120 Å². The number of benzene rings is 1. The smallest absolute Gasteiger partial charge is 0.122 e. The molecule has 2 N–H and O–H groups in total. The molecule has 0 radical (unpaired) electrons. The van der Waals surface area contributed by atoms with Crippen molar-refractivity contribution in [2.45, 2.75) is 33.0 Å². The van der Waals surface area contributed by atoms with Crippen molar-refractivity contribution in [2.75, 3.05) is 13.1 Å². The van der Waals surface area contributed by atoms with Gasteiger partial charge in [0.15, 0.2) is 0 Å². The van der Waals surface area contributed by atoms with Gasteiger partial charge in [0.2, 0.25) is 0 Å². The van der Waals surface area contributed by atoms with Crippen LogP contribution in [0.3, 0.4) is 0 Å². The molecule has 0 bridgehead atoms. The lowest BCUT2D eigenvalue weighted by Crippen LogP contribution is -2.40. The molecule has 106 valence electrons. The SMILES string of the molecule is Cc1cccc(C)c1C(CN)N1CCn2ccnc2C1. The molecule has 0 spiro atoms. The molecule has 4 nitrogen and oxygen atoms in total. The molecule has 1 aliphatic heterocycles. The lowest BCUT2D eigenvalue weighted by molar-refractivity contribution is 0.155. The summed E-state index contributed by atoms with van der Waals surface area (Å²) in [6.45, 7) is 7.90. The van der Waals surface area contributed by atoms with E-state index in [0.29, 0.717) is 6.54 Å². The van der Waals surface area contributed by atoms with E-state index in [1.807, 2.05) is 6.20 Å². The Bertz CT molecular complexity index is 582. The third kappa shape index (κ3) is 2.25. The van der Waals surface area contributed by atoms with Gasteiger partial charge in [0.1, 0.15) is 5.82 Å². The van der Waals surface area contributed by atoms with Gasteiger partial charge in [-0.25, -0.2) is 4.98 Å². The molecule has 1 atom stereocenters. The molecule has 0 amide bonds. The second-order valence-electron chi connectivity index (χ2n) is 5.56. The molecule has 4 heteroatoms. The first-order chi connectivity index (χ1) is 9.70. The average Bonchev–Trinajstić information content (AvgIpc) is 2.90. The van der Waals surface area contributed by atoms with Gasteiger partial charge in [-0.05, 0) is 30.5 Å². The van der Waals surface area contributed by atoms with Crippen molar-refractivity contribution in [1.29, 1.82) is 0 Å². The summed E-state index contributed by atoms with van der Waals surface area (Å²) in [6.07, 6.45) is 3.94. The number of rotatable bonds is 3. The van der Waals surface area contributed by atoms with E-state index in [1.165, 1.54) is 16.7 Å². The third-order valence-corrected chi connectivity index (χ3v) is 4.31. The number of nitrogens with two attached hydrogens (primary N) is 1. The molecule has 1 aliphatic rings. The summed E-state index contributed by atoms with van der Waals surface area (Å²) in [7, 11) is 0. The van der Waals surface area contributed by atoms with Crippen LogP contribution in [0, 0.1) is 13.8 Å². The Morgan fingerprint density at radius 3 is 2.70 bits per heavy atom. The first kappa shape index (κ1) is 13.3. The largest absolute Gasteiger partial charge is 0.333 e. The molecule has 0 fully saturated rings. The van der Waals surface area contributed by atoms with Crippen LogP contribution in [0.4, 0.5) is 0 Å². The van der Waals surface area contributed by atoms with Crippen molar-refractivity contribution < 1.29 is 0 Å². The highest BCUT2D eigenvalue weighted by molar-refractivity contribution is 5.36. The lowest BCUT2D eigenvalue weighted by Gasteiger charge is -2.35. The van der Waals surface area contributed by atoms with Crippen LogP contribution >= 0.6 is 0 Å². The van der Waals surface area contributed by atoms with Crippen molar-refractivity contribution in [2.24, 2.45) is 5.73 Å². The van der Waals surface area contributed by atoms with Crippen LogP contribution in [-0.2, 0) is 13.1 Å². The Balaban J connectivity index is 1.92. The molecule has 3 rings (SSSR count). The number of aryl methyl sites for hydroxylation is 2. The maximum atomic E-state index is 6.10. The highest BCUT2D eigenvalue weighted by atomic mass is 15.3. The summed E-state index contributed by atoms with van der Waals surface area (Å²) in [4.78, 5) is 6.90. The Hall–Kier alpha value is -1.65. The minimum absolute atomic E-state index is 0.279. The molecule has 1 aromatic carbocycles. The third-order valence-electron chi connectivity index (χ3n) is 4.31. The first-order valence-electron chi connectivity index (χ1n) is 7.21. The summed E-state index contributed by atoms with van der Waals surface area (Å²) in [5, 5.41) is 0. The predicted octanol–water partition coefficient (Wildman–Crippen LogP) is 2.02. The van der Waals surface area contributed by atoms with Gasteiger partial charge in [0, 0.05) is 38.1 Å². The van der Waals surface area contributed by atoms with Gasteiger partial charge in [-0.3, -0.25) is 4.90 Å². The average molecular weight is 270 g/mol. The van der Waals surface area contributed by atoms with Gasteiger partial charge in [0.25, 0.3) is 0 Å². The molecule has 0 saturated carbocycles. The van der Waals surface area contributed by atoms with Crippen molar-refractivity contribution >= 4 is 0 Å². The molecule has 1 unspecified atom stereocenters. The number of hydrogen-bond acceptors (Lipinski definition) is 3. The van der Waals surface area contributed by atoms with Crippen LogP contribution in [0.1, 0.15) is 28.6 Å². The first-order valence-corrected chi connectivity index (χ1v) is 7.21. The zero-order chi connectivity index (χ0) is 14.1. The molecule has 2 heterocycles. The molecule has 0 aliphatic carbocycles. The second kappa shape index (κ2) is 5.38. The summed E-state index contributed by atoms with van der Waals surface area (Å²) in [6, 6.07) is 6.75. The number of nitrogens with zero attached hydrogens (tertiary/aromatic N) is 3. The van der Waals surface area contributed by atoms with Crippen LogP contribution in [0.2, 0.25) is 0 Å². The quantitative estimate of drug-likeness (QED) is 0.928. The summed E-state index contributed by atoms with van der Waals surface area (Å²) in [5.74, 6) is 1.14. The second-order valence-corrected chi connectivity index (χ2v) is 5.56. The normalized spacial score (nSPS) is 16.9. The van der Waals surface area contributed by atoms with E-state index in [2.05, 4.69) is 52.7 Å². The molecule has 1 aromatic heterocycles. The fourth-order valence-corrected chi connectivity index (χ4v) is 3.26.